The molecule has 2 aromatic carbocycles. The molecule has 126 valence electrons. The number of aryl methyl sites for hydroxylation is 2. The first-order valence-corrected chi connectivity index (χ1v) is 8.56. The molecule has 0 radical (unpaired) electrons. The van der Waals surface area contributed by atoms with Gasteiger partial charge in [0.15, 0.2) is 0 Å². The van der Waals surface area contributed by atoms with Gasteiger partial charge in [0.1, 0.15) is 5.75 Å². The van der Waals surface area contributed by atoms with E-state index < -0.39 is 0 Å². The Labute approximate surface area is 144 Å². The zero-order valence-corrected chi connectivity index (χ0v) is 14.9. The molecule has 0 spiro atoms. The first-order chi connectivity index (χ1) is 11.5. The number of nitrogens with zero attached hydrogens (tertiary/aromatic N) is 1. The van der Waals surface area contributed by atoms with Crippen LogP contribution in [0.1, 0.15) is 41.3 Å². The van der Waals surface area contributed by atoms with Crippen LogP contribution in [0.2, 0.25) is 0 Å². The van der Waals surface area contributed by atoms with Gasteiger partial charge in [-0.3, -0.25) is 4.79 Å². The van der Waals surface area contributed by atoms with Crippen LogP contribution in [0, 0.1) is 19.8 Å². The van der Waals surface area contributed by atoms with Crippen molar-refractivity contribution in [2.24, 2.45) is 5.92 Å². The van der Waals surface area contributed by atoms with Gasteiger partial charge in [0.2, 0.25) is 0 Å². The van der Waals surface area contributed by atoms with E-state index in [0.717, 1.165) is 22.6 Å². The molecule has 1 unspecified atom stereocenters. The maximum absolute atomic E-state index is 13.2. The smallest absolute Gasteiger partial charge is 0.258 e. The van der Waals surface area contributed by atoms with Crippen molar-refractivity contribution in [3.63, 3.8) is 0 Å². The molecule has 24 heavy (non-hydrogen) atoms. The number of hydrogen-bond donors (Lipinski definition) is 0. The Morgan fingerprint density at radius 1 is 1.08 bits per heavy atom. The van der Waals surface area contributed by atoms with Gasteiger partial charge in [0.05, 0.1) is 7.11 Å². The van der Waals surface area contributed by atoms with E-state index >= 15 is 0 Å². The Kier molecular flexibility index (Phi) is 4.61. The average molecular weight is 323 g/mol. The maximum Gasteiger partial charge on any atom is 0.258 e. The standard InChI is InChI=1S/C21H25NO2/c1-14-5-6-18(13-15(14)2)21(23)22(16(3)17-7-8-17)19-9-11-20(24-4)12-10-19/h5-6,9-13,16-17H,7-8H2,1-4H3. The molecule has 0 heterocycles. The van der Waals surface area contributed by atoms with Crippen LogP contribution < -0.4 is 9.64 Å². The molecule has 1 fully saturated rings. The van der Waals surface area contributed by atoms with Crippen molar-refractivity contribution in [2.45, 2.75) is 39.7 Å². The fourth-order valence-electron chi connectivity index (χ4n) is 3.08. The highest BCUT2D eigenvalue weighted by atomic mass is 16.5. The van der Waals surface area contributed by atoms with Crippen LogP contribution in [0.25, 0.3) is 0 Å². The van der Waals surface area contributed by atoms with E-state index in [4.69, 9.17) is 4.74 Å². The number of carbonyl (C=O) groups excluding carboxylic acids is 1. The van der Waals surface area contributed by atoms with E-state index in [9.17, 15) is 4.79 Å². The van der Waals surface area contributed by atoms with E-state index in [-0.39, 0.29) is 11.9 Å². The van der Waals surface area contributed by atoms with Crippen molar-refractivity contribution in [3.8, 4) is 5.75 Å². The summed E-state index contributed by atoms with van der Waals surface area (Å²) < 4.78 is 5.24. The van der Waals surface area contributed by atoms with E-state index in [1.807, 2.05) is 54.3 Å². The van der Waals surface area contributed by atoms with Crippen molar-refractivity contribution in [1.82, 2.24) is 0 Å². The quantitative estimate of drug-likeness (QED) is 0.794. The second kappa shape index (κ2) is 6.68. The van der Waals surface area contributed by atoms with Crippen LogP contribution in [-0.2, 0) is 0 Å². The molecule has 0 aliphatic heterocycles. The van der Waals surface area contributed by atoms with Crippen LogP contribution in [0.15, 0.2) is 42.5 Å². The van der Waals surface area contributed by atoms with Gasteiger partial charge in [-0.1, -0.05) is 6.07 Å². The SMILES string of the molecule is COc1ccc(N(C(=O)c2ccc(C)c(C)c2)C(C)C2CC2)cc1. The minimum absolute atomic E-state index is 0.0719. The van der Waals surface area contributed by atoms with Crippen LogP contribution in [0.3, 0.4) is 0 Å². The first kappa shape index (κ1) is 16.6. The predicted octanol–water partition coefficient (Wildman–Crippen LogP) is 4.76. The molecule has 0 aromatic heterocycles. The zero-order chi connectivity index (χ0) is 17.3. The lowest BCUT2D eigenvalue weighted by Crippen LogP contribution is -2.40. The van der Waals surface area contributed by atoms with Gasteiger partial charge in [-0.15, -0.1) is 0 Å². The second-order valence-corrected chi connectivity index (χ2v) is 6.75. The minimum Gasteiger partial charge on any atom is -0.497 e. The van der Waals surface area contributed by atoms with Gasteiger partial charge in [0.25, 0.3) is 5.91 Å². The molecule has 3 heteroatoms. The average Bonchev–Trinajstić information content (AvgIpc) is 3.43. The minimum atomic E-state index is 0.0719. The Bertz CT molecular complexity index is 732. The number of amides is 1. The number of benzene rings is 2. The van der Waals surface area contributed by atoms with Crippen LogP contribution in [0.5, 0.6) is 5.75 Å². The van der Waals surface area contributed by atoms with Crippen molar-refractivity contribution in [3.05, 3.63) is 59.2 Å². The summed E-state index contributed by atoms with van der Waals surface area (Å²) in [6, 6.07) is 13.9. The summed E-state index contributed by atoms with van der Waals surface area (Å²) in [5.41, 5.74) is 4.03. The Hall–Kier alpha value is -2.29. The largest absolute Gasteiger partial charge is 0.497 e. The monoisotopic (exact) mass is 323 g/mol. The number of carbonyl (C=O) groups is 1. The summed E-state index contributed by atoms with van der Waals surface area (Å²) >= 11 is 0. The van der Waals surface area contributed by atoms with E-state index in [2.05, 4.69) is 13.8 Å². The van der Waals surface area contributed by atoms with E-state index in [1.165, 1.54) is 18.4 Å². The van der Waals surface area contributed by atoms with Gasteiger partial charge in [-0.2, -0.15) is 0 Å². The first-order valence-electron chi connectivity index (χ1n) is 8.56. The highest BCUT2D eigenvalue weighted by Gasteiger charge is 2.35. The molecule has 1 aliphatic carbocycles. The lowest BCUT2D eigenvalue weighted by Gasteiger charge is -2.30. The summed E-state index contributed by atoms with van der Waals surface area (Å²) in [6.07, 6.45) is 2.40. The molecule has 0 saturated heterocycles. The zero-order valence-electron chi connectivity index (χ0n) is 14.9. The third kappa shape index (κ3) is 3.30. The molecule has 0 bridgehead atoms. The van der Waals surface area contributed by atoms with E-state index in [1.54, 1.807) is 7.11 Å². The Morgan fingerprint density at radius 3 is 2.29 bits per heavy atom. The molecule has 3 nitrogen and oxygen atoms in total. The molecule has 1 atom stereocenters. The van der Waals surface area contributed by atoms with Crippen LogP contribution in [-0.4, -0.2) is 19.1 Å². The normalized spacial score (nSPS) is 15.0. The third-order valence-corrected chi connectivity index (χ3v) is 5.03. The number of hydrogen-bond acceptors (Lipinski definition) is 2. The summed E-state index contributed by atoms with van der Waals surface area (Å²) in [5, 5.41) is 0. The van der Waals surface area contributed by atoms with Gasteiger partial charge >= 0.3 is 0 Å². The molecule has 0 N–H and O–H groups in total. The van der Waals surface area contributed by atoms with Gasteiger partial charge in [-0.25, -0.2) is 0 Å². The fraction of sp³-hybridized carbons (Fsp3) is 0.381. The summed E-state index contributed by atoms with van der Waals surface area (Å²) in [5.74, 6) is 1.47. The molecular weight excluding hydrogens is 298 g/mol. The topological polar surface area (TPSA) is 29.5 Å². The number of rotatable bonds is 5. The molecule has 1 saturated carbocycles. The molecule has 3 rings (SSSR count). The maximum atomic E-state index is 13.2. The van der Waals surface area contributed by atoms with Crippen molar-refractivity contribution < 1.29 is 9.53 Å². The van der Waals surface area contributed by atoms with E-state index in [0.29, 0.717) is 5.92 Å². The fourth-order valence-corrected chi connectivity index (χ4v) is 3.08. The second-order valence-electron chi connectivity index (χ2n) is 6.75. The lowest BCUT2D eigenvalue weighted by atomic mass is 10.0. The van der Waals surface area contributed by atoms with Crippen LogP contribution >= 0.6 is 0 Å². The highest BCUT2D eigenvalue weighted by molar-refractivity contribution is 6.06. The Morgan fingerprint density at radius 2 is 1.75 bits per heavy atom. The number of ether oxygens (including phenoxy) is 1. The number of methoxy groups -OCH3 is 1. The third-order valence-electron chi connectivity index (χ3n) is 5.03. The number of anilines is 1. The van der Waals surface area contributed by atoms with Gasteiger partial charge < -0.3 is 9.64 Å². The summed E-state index contributed by atoms with van der Waals surface area (Å²) in [6.45, 7) is 6.27. The summed E-state index contributed by atoms with van der Waals surface area (Å²) in [4.78, 5) is 15.2. The van der Waals surface area contributed by atoms with Crippen molar-refractivity contribution >= 4 is 11.6 Å². The van der Waals surface area contributed by atoms with Gasteiger partial charge in [0, 0.05) is 17.3 Å². The molecular formula is C21H25NO2. The van der Waals surface area contributed by atoms with Crippen molar-refractivity contribution in [2.75, 3.05) is 12.0 Å². The van der Waals surface area contributed by atoms with Gasteiger partial charge in [-0.05, 0) is 87.1 Å². The van der Waals surface area contributed by atoms with Crippen LogP contribution in [0.4, 0.5) is 5.69 Å². The predicted molar refractivity (Wildman–Crippen MR) is 97.9 cm³/mol. The molecule has 1 aliphatic rings. The van der Waals surface area contributed by atoms with Crippen molar-refractivity contribution in [1.29, 1.82) is 0 Å². The lowest BCUT2D eigenvalue weighted by molar-refractivity contribution is 0.0975. The summed E-state index contributed by atoms with van der Waals surface area (Å²) in [7, 11) is 1.65. The Balaban J connectivity index is 1.96. The highest BCUT2D eigenvalue weighted by Crippen LogP contribution is 2.38. The molecule has 1 amide bonds. The molecule has 2 aromatic rings.